The third-order valence-electron chi connectivity index (χ3n) is 2.82. The SMILES string of the molecule is Cn1nncc1C(=O)OCc1nc(-c2ccc(F)cc2)no1. The average Bonchev–Trinajstić information content (AvgIpc) is 3.14. The first-order chi connectivity index (χ1) is 10.6. The van der Waals surface area contributed by atoms with Crippen LogP contribution in [0.25, 0.3) is 11.4 Å². The highest BCUT2D eigenvalue weighted by Gasteiger charge is 2.15. The summed E-state index contributed by atoms with van der Waals surface area (Å²) in [5, 5.41) is 11.0. The van der Waals surface area contributed by atoms with Gasteiger partial charge in [0.2, 0.25) is 5.82 Å². The summed E-state index contributed by atoms with van der Waals surface area (Å²) >= 11 is 0. The summed E-state index contributed by atoms with van der Waals surface area (Å²) in [6, 6.07) is 5.64. The first-order valence-electron chi connectivity index (χ1n) is 6.24. The van der Waals surface area contributed by atoms with Crippen molar-refractivity contribution in [3.05, 3.63) is 47.9 Å². The highest BCUT2D eigenvalue weighted by atomic mass is 19.1. The maximum Gasteiger partial charge on any atom is 0.358 e. The Morgan fingerprint density at radius 3 is 2.82 bits per heavy atom. The first kappa shape index (κ1) is 13.9. The number of ether oxygens (including phenoxy) is 1. The Hall–Kier alpha value is -3.10. The third kappa shape index (κ3) is 2.82. The number of nitrogens with zero attached hydrogens (tertiary/aromatic N) is 5. The van der Waals surface area contributed by atoms with E-state index >= 15 is 0 Å². The molecule has 0 atom stereocenters. The normalized spacial score (nSPS) is 10.6. The van der Waals surface area contributed by atoms with Crippen LogP contribution in [0, 0.1) is 5.82 Å². The molecule has 0 spiro atoms. The van der Waals surface area contributed by atoms with Gasteiger partial charge < -0.3 is 9.26 Å². The van der Waals surface area contributed by atoms with E-state index in [1.807, 2.05) is 0 Å². The molecule has 1 aromatic carbocycles. The molecule has 0 aliphatic carbocycles. The molecule has 0 N–H and O–H groups in total. The maximum absolute atomic E-state index is 12.9. The van der Waals surface area contributed by atoms with Gasteiger partial charge in [-0.3, -0.25) is 0 Å². The molecule has 0 amide bonds. The molecule has 0 bridgehead atoms. The fourth-order valence-corrected chi connectivity index (χ4v) is 1.71. The monoisotopic (exact) mass is 303 g/mol. The second kappa shape index (κ2) is 5.72. The van der Waals surface area contributed by atoms with Crippen LogP contribution in [-0.2, 0) is 18.4 Å². The molecule has 3 aromatic rings. The molecule has 3 rings (SSSR count). The van der Waals surface area contributed by atoms with Gasteiger partial charge in [0.1, 0.15) is 5.82 Å². The van der Waals surface area contributed by atoms with Gasteiger partial charge in [-0.15, -0.1) is 5.10 Å². The molecule has 2 heterocycles. The lowest BCUT2D eigenvalue weighted by Gasteiger charge is -2.00. The van der Waals surface area contributed by atoms with Crippen LogP contribution in [0.2, 0.25) is 0 Å². The predicted molar refractivity (Wildman–Crippen MR) is 69.8 cm³/mol. The van der Waals surface area contributed by atoms with E-state index in [1.54, 1.807) is 7.05 Å². The molecule has 0 aliphatic rings. The molecule has 8 nitrogen and oxygen atoms in total. The van der Waals surface area contributed by atoms with E-state index in [9.17, 15) is 9.18 Å². The average molecular weight is 303 g/mol. The zero-order valence-corrected chi connectivity index (χ0v) is 11.4. The van der Waals surface area contributed by atoms with Crippen molar-refractivity contribution in [2.45, 2.75) is 6.61 Å². The summed E-state index contributed by atoms with van der Waals surface area (Å²) in [4.78, 5) is 15.8. The lowest BCUT2D eigenvalue weighted by molar-refractivity contribution is 0.0417. The molecule has 2 aromatic heterocycles. The molecular weight excluding hydrogens is 293 g/mol. The van der Waals surface area contributed by atoms with E-state index in [2.05, 4.69) is 20.5 Å². The number of esters is 1. The highest BCUT2D eigenvalue weighted by molar-refractivity contribution is 5.86. The van der Waals surface area contributed by atoms with Crippen molar-refractivity contribution in [1.29, 1.82) is 0 Å². The van der Waals surface area contributed by atoms with E-state index in [-0.39, 0.29) is 29.8 Å². The van der Waals surface area contributed by atoms with Gasteiger partial charge in [0.05, 0.1) is 6.20 Å². The van der Waals surface area contributed by atoms with Crippen LogP contribution in [0.5, 0.6) is 0 Å². The third-order valence-corrected chi connectivity index (χ3v) is 2.82. The molecule has 9 heteroatoms. The number of benzene rings is 1. The number of hydrogen-bond acceptors (Lipinski definition) is 7. The predicted octanol–water partition coefficient (Wildman–Crippen LogP) is 1.36. The smallest absolute Gasteiger partial charge is 0.358 e. The Kier molecular flexibility index (Phi) is 3.60. The van der Waals surface area contributed by atoms with Crippen LogP contribution in [0.3, 0.4) is 0 Å². The Labute approximate surface area is 123 Å². The summed E-state index contributed by atoms with van der Waals surface area (Å²) in [5.74, 6) is -0.545. The minimum Gasteiger partial charge on any atom is -0.451 e. The summed E-state index contributed by atoms with van der Waals surface area (Å²) in [7, 11) is 1.57. The fraction of sp³-hybridized carbons (Fsp3) is 0.154. The second-order valence-electron chi connectivity index (χ2n) is 4.34. The topological polar surface area (TPSA) is 95.9 Å². The Morgan fingerprint density at radius 1 is 1.36 bits per heavy atom. The number of aromatic nitrogens is 5. The van der Waals surface area contributed by atoms with Crippen LogP contribution in [0.4, 0.5) is 4.39 Å². The standard InChI is InChI=1S/C13H10FN5O3/c1-19-10(6-15-18-19)13(20)21-7-11-16-12(17-22-11)8-2-4-9(14)5-3-8/h2-6H,7H2,1H3. The summed E-state index contributed by atoms with van der Waals surface area (Å²) in [6.45, 7) is -0.182. The number of carbonyl (C=O) groups excluding carboxylic acids is 1. The highest BCUT2D eigenvalue weighted by Crippen LogP contribution is 2.16. The zero-order valence-electron chi connectivity index (χ0n) is 11.4. The van der Waals surface area contributed by atoms with E-state index in [4.69, 9.17) is 9.26 Å². The van der Waals surface area contributed by atoms with Gasteiger partial charge in [0.25, 0.3) is 5.89 Å². The van der Waals surface area contributed by atoms with Crippen LogP contribution in [0.1, 0.15) is 16.4 Å². The molecule has 22 heavy (non-hydrogen) atoms. The lowest BCUT2D eigenvalue weighted by atomic mass is 10.2. The molecule has 0 fully saturated rings. The summed E-state index contributed by atoms with van der Waals surface area (Å²) < 4.78 is 24.1. The van der Waals surface area contributed by atoms with Crippen LogP contribution < -0.4 is 0 Å². The van der Waals surface area contributed by atoms with Crippen molar-refractivity contribution in [3.63, 3.8) is 0 Å². The molecule has 0 unspecified atom stereocenters. The Balaban J connectivity index is 1.66. The fourth-order valence-electron chi connectivity index (χ4n) is 1.71. The van der Waals surface area contributed by atoms with Crippen molar-refractivity contribution in [2.24, 2.45) is 7.05 Å². The largest absolute Gasteiger partial charge is 0.451 e. The van der Waals surface area contributed by atoms with Crippen molar-refractivity contribution >= 4 is 5.97 Å². The van der Waals surface area contributed by atoms with Gasteiger partial charge in [-0.25, -0.2) is 13.9 Å². The number of rotatable bonds is 4. The second-order valence-corrected chi connectivity index (χ2v) is 4.34. The first-order valence-corrected chi connectivity index (χ1v) is 6.24. The number of carbonyl (C=O) groups is 1. The number of hydrogen-bond donors (Lipinski definition) is 0. The molecule has 0 aliphatic heterocycles. The minimum atomic E-state index is -0.603. The van der Waals surface area contributed by atoms with E-state index < -0.39 is 5.97 Å². The van der Waals surface area contributed by atoms with E-state index in [0.29, 0.717) is 5.56 Å². The quantitative estimate of drug-likeness (QED) is 0.671. The van der Waals surface area contributed by atoms with Gasteiger partial charge in [0.15, 0.2) is 12.3 Å². The molecule has 0 saturated carbocycles. The van der Waals surface area contributed by atoms with Crippen molar-refractivity contribution < 1.29 is 18.4 Å². The van der Waals surface area contributed by atoms with Gasteiger partial charge >= 0.3 is 5.97 Å². The van der Waals surface area contributed by atoms with Crippen molar-refractivity contribution in [3.8, 4) is 11.4 Å². The Bertz CT molecular complexity index is 796. The summed E-state index contributed by atoms with van der Waals surface area (Å²) in [6.07, 6.45) is 1.29. The number of aryl methyl sites for hydroxylation is 1. The van der Waals surface area contributed by atoms with Gasteiger partial charge in [-0.1, -0.05) is 10.4 Å². The van der Waals surface area contributed by atoms with Gasteiger partial charge in [-0.05, 0) is 24.3 Å². The maximum atomic E-state index is 12.9. The molecule has 112 valence electrons. The van der Waals surface area contributed by atoms with Crippen molar-refractivity contribution in [2.75, 3.05) is 0 Å². The van der Waals surface area contributed by atoms with E-state index in [0.717, 1.165) is 0 Å². The van der Waals surface area contributed by atoms with Gasteiger partial charge in [-0.2, -0.15) is 4.98 Å². The minimum absolute atomic E-state index is 0.128. The molecular formula is C13H10FN5O3. The lowest BCUT2D eigenvalue weighted by Crippen LogP contribution is -2.10. The molecule has 0 radical (unpaired) electrons. The van der Waals surface area contributed by atoms with Crippen LogP contribution in [-0.4, -0.2) is 31.1 Å². The van der Waals surface area contributed by atoms with Gasteiger partial charge in [0, 0.05) is 12.6 Å². The van der Waals surface area contributed by atoms with Crippen LogP contribution >= 0.6 is 0 Å². The molecule has 0 saturated heterocycles. The Morgan fingerprint density at radius 2 is 2.14 bits per heavy atom. The number of halogens is 1. The van der Waals surface area contributed by atoms with E-state index in [1.165, 1.54) is 35.1 Å². The van der Waals surface area contributed by atoms with Crippen LogP contribution in [0.15, 0.2) is 35.0 Å². The van der Waals surface area contributed by atoms with Crippen molar-refractivity contribution in [1.82, 2.24) is 25.1 Å². The summed E-state index contributed by atoms with van der Waals surface area (Å²) in [5.41, 5.74) is 0.803. The zero-order chi connectivity index (χ0) is 15.5.